The van der Waals surface area contributed by atoms with E-state index in [4.69, 9.17) is 4.74 Å². The Morgan fingerprint density at radius 3 is 2.81 bits per heavy atom. The summed E-state index contributed by atoms with van der Waals surface area (Å²) in [6.45, 7) is 11.9. The minimum atomic E-state index is 0.436. The highest BCUT2D eigenvalue weighted by Gasteiger charge is 2.26. The first-order chi connectivity index (χ1) is 10.0. The number of rotatable bonds is 6. The summed E-state index contributed by atoms with van der Waals surface area (Å²) in [6, 6.07) is 6.87. The molecule has 0 aliphatic carbocycles. The molecule has 1 aromatic carbocycles. The number of nitrogens with zero attached hydrogens (tertiary/aromatic N) is 1. The molecule has 118 valence electrons. The topological polar surface area (TPSA) is 24.5 Å². The maximum atomic E-state index is 5.05. The second-order valence-electron chi connectivity index (χ2n) is 6.98. The van der Waals surface area contributed by atoms with E-state index in [0.717, 1.165) is 19.7 Å². The lowest BCUT2D eigenvalue weighted by Gasteiger charge is -2.40. The fraction of sp³-hybridized carbons (Fsp3) is 0.667. The Hall–Kier alpha value is -1.06. The molecule has 0 aromatic heterocycles. The van der Waals surface area contributed by atoms with Crippen molar-refractivity contribution in [3.05, 3.63) is 29.3 Å². The summed E-state index contributed by atoms with van der Waals surface area (Å²) in [7, 11) is 1.74. The molecule has 0 saturated carbocycles. The molecule has 1 aliphatic rings. The normalized spacial score (nSPS) is 18.0. The zero-order valence-corrected chi connectivity index (χ0v) is 14.0. The van der Waals surface area contributed by atoms with Gasteiger partial charge in [-0.25, -0.2) is 0 Å². The Morgan fingerprint density at radius 1 is 1.33 bits per heavy atom. The fourth-order valence-electron chi connectivity index (χ4n) is 3.22. The van der Waals surface area contributed by atoms with Gasteiger partial charge in [-0.2, -0.15) is 0 Å². The fourth-order valence-corrected chi connectivity index (χ4v) is 3.22. The summed E-state index contributed by atoms with van der Waals surface area (Å²) in [5.74, 6) is 0. The van der Waals surface area contributed by atoms with E-state index >= 15 is 0 Å². The number of methoxy groups -OCH3 is 1. The van der Waals surface area contributed by atoms with Crippen LogP contribution in [0.15, 0.2) is 18.2 Å². The number of aryl methyl sites for hydroxylation is 1. The van der Waals surface area contributed by atoms with Gasteiger partial charge in [0.1, 0.15) is 0 Å². The van der Waals surface area contributed by atoms with E-state index in [-0.39, 0.29) is 0 Å². The standard InChI is InChI=1S/C18H30N2O/c1-15-12-16(13-19-9-11-21-4)6-7-17(15)20-10-5-8-18(2,3)14-20/h6-7,12,19H,5,8-11,13-14H2,1-4H3. The highest BCUT2D eigenvalue weighted by molar-refractivity contribution is 5.55. The predicted octanol–water partition coefficient (Wildman–Crippen LogP) is 3.36. The van der Waals surface area contributed by atoms with Crippen LogP contribution in [0.5, 0.6) is 0 Å². The van der Waals surface area contributed by atoms with Crippen LogP contribution in [0.3, 0.4) is 0 Å². The highest BCUT2D eigenvalue weighted by atomic mass is 16.5. The molecule has 0 spiro atoms. The number of nitrogens with one attached hydrogen (secondary N) is 1. The second-order valence-corrected chi connectivity index (χ2v) is 6.98. The molecule has 1 saturated heterocycles. The minimum Gasteiger partial charge on any atom is -0.383 e. The summed E-state index contributed by atoms with van der Waals surface area (Å²) < 4.78 is 5.05. The third-order valence-corrected chi connectivity index (χ3v) is 4.31. The second kappa shape index (κ2) is 7.28. The summed E-state index contributed by atoms with van der Waals surface area (Å²) in [4.78, 5) is 2.56. The van der Waals surface area contributed by atoms with E-state index in [1.165, 1.54) is 42.7 Å². The molecule has 3 heteroatoms. The summed E-state index contributed by atoms with van der Waals surface area (Å²) in [5.41, 5.74) is 4.58. The highest BCUT2D eigenvalue weighted by Crippen LogP contribution is 2.33. The Labute approximate surface area is 129 Å². The lowest BCUT2D eigenvalue weighted by Crippen LogP contribution is -2.40. The van der Waals surface area contributed by atoms with Gasteiger partial charge >= 0.3 is 0 Å². The maximum Gasteiger partial charge on any atom is 0.0587 e. The van der Waals surface area contributed by atoms with Crippen LogP contribution in [-0.4, -0.2) is 33.4 Å². The van der Waals surface area contributed by atoms with E-state index in [1.54, 1.807) is 7.11 Å². The van der Waals surface area contributed by atoms with Crippen LogP contribution in [-0.2, 0) is 11.3 Å². The van der Waals surface area contributed by atoms with Crippen molar-refractivity contribution in [2.45, 2.75) is 40.2 Å². The van der Waals surface area contributed by atoms with Gasteiger partial charge < -0.3 is 15.0 Å². The monoisotopic (exact) mass is 290 g/mol. The van der Waals surface area contributed by atoms with Gasteiger partial charge in [-0.1, -0.05) is 26.0 Å². The smallest absolute Gasteiger partial charge is 0.0587 e. The van der Waals surface area contributed by atoms with Crippen LogP contribution in [0.2, 0.25) is 0 Å². The molecule has 1 heterocycles. The number of hydrogen-bond acceptors (Lipinski definition) is 3. The zero-order chi connectivity index (χ0) is 15.3. The minimum absolute atomic E-state index is 0.436. The quantitative estimate of drug-likeness (QED) is 0.813. The molecular formula is C18H30N2O. The number of hydrogen-bond donors (Lipinski definition) is 1. The van der Waals surface area contributed by atoms with Gasteiger partial charge in [0, 0.05) is 39.0 Å². The number of ether oxygens (including phenoxy) is 1. The number of piperidine rings is 1. The van der Waals surface area contributed by atoms with E-state index in [2.05, 4.69) is 49.2 Å². The molecule has 1 aliphatic heterocycles. The average Bonchev–Trinajstić information content (AvgIpc) is 2.42. The van der Waals surface area contributed by atoms with Crippen molar-refractivity contribution in [2.24, 2.45) is 5.41 Å². The number of benzene rings is 1. The third-order valence-electron chi connectivity index (χ3n) is 4.31. The van der Waals surface area contributed by atoms with Gasteiger partial charge in [0.05, 0.1) is 6.61 Å². The third kappa shape index (κ3) is 4.72. The van der Waals surface area contributed by atoms with E-state index < -0.39 is 0 Å². The van der Waals surface area contributed by atoms with Crippen LogP contribution < -0.4 is 10.2 Å². The SMILES string of the molecule is COCCNCc1ccc(N2CCCC(C)(C)C2)c(C)c1. The first-order valence-electron chi connectivity index (χ1n) is 8.06. The predicted molar refractivity (Wildman–Crippen MR) is 90.0 cm³/mol. The van der Waals surface area contributed by atoms with Crippen molar-refractivity contribution >= 4 is 5.69 Å². The Morgan fingerprint density at radius 2 is 2.14 bits per heavy atom. The van der Waals surface area contributed by atoms with Crippen molar-refractivity contribution in [2.75, 3.05) is 38.3 Å². The van der Waals surface area contributed by atoms with Crippen LogP contribution in [0.4, 0.5) is 5.69 Å². The van der Waals surface area contributed by atoms with E-state index in [1.807, 2.05) is 0 Å². The lowest BCUT2D eigenvalue weighted by atomic mass is 9.84. The van der Waals surface area contributed by atoms with Crippen molar-refractivity contribution in [1.29, 1.82) is 0 Å². The van der Waals surface area contributed by atoms with Gasteiger partial charge in [-0.3, -0.25) is 0 Å². The lowest BCUT2D eigenvalue weighted by molar-refractivity contribution is 0.199. The van der Waals surface area contributed by atoms with E-state index in [9.17, 15) is 0 Å². The largest absolute Gasteiger partial charge is 0.383 e. The summed E-state index contributed by atoms with van der Waals surface area (Å²) in [6.07, 6.45) is 2.64. The molecular weight excluding hydrogens is 260 g/mol. The van der Waals surface area contributed by atoms with Crippen molar-refractivity contribution in [3.8, 4) is 0 Å². The zero-order valence-electron chi connectivity index (χ0n) is 14.0. The van der Waals surface area contributed by atoms with Crippen molar-refractivity contribution < 1.29 is 4.74 Å². The van der Waals surface area contributed by atoms with Crippen LogP contribution in [0.25, 0.3) is 0 Å². The maximum absolute atomic E-state index is 5.05. The summed E-state index contributed by atoms with van der Waals surface area (Å²) in [5, 5.41) is 3.40. The molecule has 3 nitrogen and oxygen atoms in total. The van der Waals surface area contributed by atoms with Gasteiger partial charge in [0.25, 0.3) is 0 Å². The van der Waals surface area contributed by atoms with Gasteiger partial charge in [-0.15, -0.1) is 0 Å². The van der Waals surface area contributed by atoms with Crippen molar-refractivity contribution in [1.82, 2.24) is 5.32 Å². The number of anilines is 1. The summed E-state index contributed by atoms with van der Waals surface area (Å²) >= 11 is 0. The molecule has 0 radical (unpaired) electrons. The van der Waals surface area contributed by atoms with Crippen LogP contribution in [0.1, 0.15) is 37.8 Å². The average molecular weight is 290 g/mol. The Kier molecular flexibility index (Phi) is 5.65. The first-order valence-corrected chi connectivity index (χ1v) is 8.06. The molecule has 0 bridgehead atoms. The Balaban J connectivity index is 1.98. The van der Waals surface area contributed by atoms with Gasteiger partial charge in [0.15, 0.2) is 0 Å². The van der Waals surface area contributed by atoms with E-state index in [0.29, 0.717) is 5.41 Å². The van der Waals surface area contributed by atoms with Gasteiger partial charge in [-0.05, 0) is 42.4 Å². The molecule has 2 rings (SSSR count). The first kappa shape index (κ1) is 16.3. The molecule has 1 N–H and O–H groups in total. The van der Waals surface area contributed by atoms with Gasteiger partial charge in [0.2, 0.25) is 0 Å². The van der Waals surface area contributed by atoms with Crippen LogP contribution >= 0.6 is 0 Å². The van der Waals surface area contributed by atoms with Crippen molar-refractivity contribution in [3.63, 3.8) is 0 Å². The molecule has 21 heavy (non-hydrogen) atoms. The molecule has 0 amide bonds. The van der Waals surface area contributed by atoms with Crippen LogP contribution in [0, 0.1) is 12.3 Å². The molecule has 1 aromatic rings. The molecule has 0 unspecified atom stereocenters. The molecule has 0 atom stereocenters. The molecule has 1 fully saturated rings. The Bertz CT molecular complexity index is 457.